The summed E-state index contributed by atoms with van der Waals surface area (Å²) in [6.07, 6.45) is 4.63. The van der Waals surface area contributed by atoms with Crippen molar-refractivity contribution in [2.24, 2.45) is 34.8 Å². The summed E-state index contributed by atoms with van der Waals surface area (Å²) in [7, 11) is -3.19. The van der Waals surface area contributed by atoms with Crippen molar-refractivity contribution in [3.05, 3.63) is 0 Å². The first-order chi connectivity index (χ1) is 10.7. The molecule has 0 rings (SSSR count). The summed E-state index contributed by atoms with van der Waals surface area (Å²) in [5, 5.41) is 0. The first-order valence-electron chi connectivity index (χ1n) is 9.20. The molecule has 0 aromatic heterocycles. The van der Waals surface area contributed by atoms with E-state index in [0.717, 1.165) is 12.8 Å². The van der Waals surface area contributed by atoms with Crippen LogP contribution < -0.4 is 22.9 Å². The average Bonchev–Trinajstić information content (AvgIpc) is 2.47. The Morgan fingerprint density at radius 2 is 0.957 bits per heavy atom. The Hall–Kier alpha value is 0.234. The Kier molecular flexibility index (Phi) is 11.8. The SMILES string of the molecule is C[Si](C)(CCCC(CN)CN)O[Si](C)(C)CCCC(CN)CN. The molecule has 8 N–H and O–H groups in total. The molecular weight excluding hydrogens is 320 g/mol. The summed E-state index contributed by atoms with van der Waals surface area (Å²) in [5.74, 6) is 0.934. The summed E-state index contributed by atoms with van der Waals surface area (Å²) in [6.45, 7) is 12.2. The normalized spacial score (nSPS) is 13.3. The highest BCUT2D eigenvalue weighted by atomic mass is 28.4. The molecule has 7 heteroatoms. The van der Waals surface area contributed by atoms with Crippen molar-refractivity contribution in [1.29, 1.82) is 0 Å². The number of hydrogen-bond donors (Lipinski definition) is 4. The minimum Gasteiger partial charge on any atom is -0.455 e. The van der Waals surface area contributed by atoms with Crippen molar-refractivity contribution in [3.63, 3.8) is 0 Å². The summed E-state index contributed by atoms with van der Waals surface area (Å²) >= 11 is 0. The molecule has 140 valence electrons. The summed E-state index contributed by atoms with van der Waals surface area (Å²) in [5.41, 5.74) is 22.9. The third-order valence-electron chi connectivity index (χ3n) is 4.67. The molecule has 0 bridgehead atoms. The molecule has 0 aliphatic carbocycles. The van der Waals surface area contributed by atoms with Gasteiger partial charge in [-0.05, 0) is 89.1 Å². The van der Waals surface area contributed by atoms with Gasteiger partial charge in [0.1, 0.15) is 0 Å². The molecule has 0 amide bonds. The lowest BCUT2D eigenvalue weighted by Crippen LogP contribution is -2.44. The zero-order chi connectivity index (χ0) is 17.9. The molecule has 0 heterocycles. The fraction of sp³-hybridized carbons (Fsp3) is 1.00. The van der Waals surface area contributed by atoms with E-state index in [1.54, 1.807) is 0 Å². The molecule has 0 saturated heterocycles. The van der Waals surface area contributed by atoms with Gasteiger partial charge in [0.05, 0.1) is 0 Å². The maximum Gasteiger partial charge on any atom is 0.173 e. The first kappa shape index (κ1) is 23.2. The van der Waals surface area contributed by atoms with Crippen molar-refractivity contribution in [2.75, 3.05) is 26.2 Å². The van der Waals surface area contributed by atoms with Gasteiger partial charge in [-0.2, -0.15) is 0 Å². The van der Waals surface area contributed by atoms with Crippen LogP contribution in [0.2, 0.25) is 38.3 Å². The largest absolute Gasteiger partial charge is 0.455 e. The minimum absolute atomic E-state index is 0.467. The van der Waals surface area contributed by atoms with E-state index in [1.807, 2.05) is 0 Å². The second-order valence-corrected chi connectivity index (χ2v) is 16.9. The van der Waals surface area contributed by atoms with Gasteiger partial charge in [0.15, 0.2) is 16.6 Å². The Labute approximate surface area is 146 Å². The van der Waals surface area contributed by atoms with E-state index in [1.165, 1.54) is 24.9 Å². The third kappa shape index (κ3) is 11.4. The van der Waals surface area contributed by atoms with Crippen LogP contribution in [0.15, 0.2) is 0 Å². The molecule has 0 atom stereocenters. The fourth-order valence-electron chi connectivity index (χ4n) is 3.15. The van der Waals surface area contributed by atoms with Gasteiger partial charge in [-0.15, -0.1) is 0 Å². The van der Waals surface area contributed by atoms with Gasteiger partial charge in [0, 0.05) is 0 Å². The lowest BCUT2D eigenvalue weighted by molar-refractivity contribution is 0.473. The van der Waals surface area contributed by atoms with Gasteiger partial charge in [-0.25, -0.2) is 0 Å². The molecule has 0 aromatic carbocycles. The minimum atomic E-state index is -1.59. The van der Waals surface area contributed by atoms with Crippen LogP contribution in [0.1, 0.15) is 25.7 Å². The Morgan fingerprint density at radius 3 is 1.22 bits per heavy atom. The van der Waals surface area contributed by atoms with Crippen molar-refractivity contribution >= 4 is 16.6 Å². The second kappa shape index (κ2) is 11.7. The van der Waals surface area contributed by atoms with Crippen molar-refractivity contribution in [2.45, 2.75) is 64.0 Å². The molecule has 0 spiro atoms. The number of hydrogen-bond acceptors (Lipinski definition) is 5. The molecular formula is C16H42N4OSi2. The van der Waals surface area contributed by atoms with Gasteiger partial charge >= 0.3 is 0 Å². The molecule has 0 aliphatic rings. The second-order valence-electron chi connectivity index (χ2n) is 8.08. The molecule has 0 radical (unpaired) electrons. The summed E-state index contributed by atoms with van der Waals surface area (Å²) < 4.78 is 6.68. The number of rotatable bonds is 14. The Balaban J connectivity index is 4.18. The van der Waals surface area contributed by atoms with Crippen molar-refractivity contribution in [1.82, 2.24) is 0 Å². The summed E-state index contributed by atoms with van der Waals surface area (Å²) in [4.78, 5) is 0. The van der Waals surface area contributed by atoms with Crippen LogP contribution in [0.3, 0.4) is 0 Å². The van der Waals surface area contributed by atoms with Crippen LogP contribution in [0.25, 0.3) is 0 Å². The van der Waals surface area contributed by atoms with Crippen LogP contribution in [0.4, 0.5) is 0 Å². The highest BCUT2D eigenvalue weighted by Crippen LogP contribution is 2.26. The summed E-state index contributed by atoms with van der Waals surface area (Å²) in [6, 6.07) is 2.41. The van der Waals surface area contributed by atoms with E-state index in [4.69, 9.17) is 27.0 Å². The third-order valence-corrected chi connectivity index (χ3v) is 12.2. The molecule has 5 nitrogen and oxygen atoms in total. The lowest BCUT2D eigenvalue weighted by atomic mass is 10.1. The van der Waals surface area contributed by atoms with Gasteiger partial charge in [0.25, 0.3) is 0 Å². The van der Waals surface area contributed by atoms with Crippen LogP contribution in [-0.4, -0.2) is 42.8 Å². The van der Waals surface area contributed by atoms with E-state index < -0.39 is 16.6 Å². The number of nitrogens with two attached hydrogens (primary N) is 4. The van der Waals surface area contributed by atoms with Crippen LogP contribution in [0, 0.1) is 11.8 Å². The molecule has 0 aromatic rings. The monoisotopic (exact) mass is 362 g/mol. The molecule has 23 heavy (non-hydrogen) atoms. The zero-order valence-corrected chi connectivity index (χ0v) is 17.9. The van der Waals surface area contributed by atoms with E-state index in [2.05, 4.69) is 26.2 Å². The highest BCUT2D eigenvalue weighted by Gasteiger charge is 2.32. The highest BCUT2D eigenvalue weighted by molar-refractivity contribution is 6.84. The predicted octanol–water partition coefficient (Wildman–Crippen LogP) is 2.04. The molecule has 0 aliphatic heterocycles. The van der Waals surface area contributed by atoms with Gasteiger partial charge < -0.3 is 27.0 Å². The fourth-order valence-corrected chi connectivity index (χ4v) is 12.1. The standard InChI is InChI=1S/C16H42N4OSi2/c1-22(2,9-5-7-15(11-17)12-18)21-23(3,4)10-6-8-16(13-19)14-20/h15-16H,5-14,17-20H2,1-4H3. The maximum atomic E-state index is 6.68. The maximum absolute atomic E-state index is 6.68. The van der Waals surface area contributed by atoms with Crippen molar-refractivity contribution < 1.29 is 4.12 Å². The zero-order valence-electron chi connectivity index (χ0n) is 15.9. The van der Waals surface area contributed by atoms with Gasteiger partial charge in [-0.3, -0.25) is 0 Å². The van der Waals surface area contributed by atoms with E-state index in [9.17, 15) is 0 Å². The topological polar surface area (TPSA) is 113 Å². The Bertz CT molecular complexity index is 268. The quantitative estimate of drug-likeness (QED) is 0.353. The van der Waals surface area contributed by atoms with E-state index >= 15 is 0 Å². The smallest absolute Gasteiger partial charge is 0.173 e. The van der Waals surface area contributed by atoms with Crippen molar-refractivity contribution in [3.8, 4) is 0 Å². The molecule has 0 saturated carbocycles. The van der Waals surface area contributed by atoms with E-state index in [0.29, 0.717) is 38.0 Å². The average molecular weight is 363 g/mol. The first-order valence-corrected chi connectivity index (χ1v) is 15.4. The predicted molar refractivity (Wildman–Crippen MR) is 107 cm³/mol. The Morgan fingerprint density at radius 1 is 0.652 bits per heavy atom. The molecule has 0 unspecified atom stereocenters. The van der Waals surface area contributed by atoms with Gasteiger partial charge in [-0.1, -0.05) is 12.8 Å². The van der Waals surface area contributed by atoms with Crippen LogP contribution in [-0.2, 0) is 4.12 Å². The van der Waals surface area contributed by atoms with Crippen LogP contribution in [0.5, 0.6) is 0 Å². The van der Waals surface area contributed by atoms with Crippen LogP contribution >= 0.6 is 0 Å². The lowest BCUT2D eigenvalue weighted by Gasteiger charge is -2.34. The molecule has 0 fully saturated rings. The van der Waals surface area contributed by atoms with E-state index in [-0.39, 0.29) is 0 Å². The van der Waals surface area contributed by atoms with Gasteiger partial charge in [0.2, 0.25) is 0 Å².